The molecule has 4 nitrogen and oxygen atoms in total. The molecule has 0 radical (unpaired) electrons. The number of rotatable bonds is 4. The molecule has 0 aliphatic carbocycles. The van der Waals surface area contributed by atoms with Crippen LogP contribution >= 0.6 is 0 Å². The molecule has 0 spiro atoms. The summed E-state index contributed by atoms with van der Waals surface area (Å²) in [5.41, 5.74) is 11.4. The predicted octanol–water partition coefficient (Wildman–Crippen LogP) is 3.38. The van der Waals surface area contributed by atoms with Gasteiger partial charge in [-0.3, -0.25) is 4.79 Å². The number of amides is 1. The molecule has 0 aromatic heterocycles. The minimum absolute atomic E-state index is 0.109. The molecule has 0 saturated heterocycles. The summed E-state index contributed by atoms with van der Waals surface area (Å²) in [5, 5.41) is 6.07. The van der Waals surface area contributed by atoms with Gasteiger partial charge in [0.15, 0.2) is 0 Å². The molecular formula is C17H21N3O. The standard InChI is InChI=1S/C17H21N3O/c1-4-19-17(21)13-6-8-16(14(18)10-13)20-15-7-5-11(2)9-12(15)3/h5-10,20H,4,18H2,1-3H3,(H,19,21). The molecular weight excluding hydrogens is 262 g/mol. The van der Waals surface area contributed by atoms with Crippen molar-refractivity contribution in [2.24, 2.45) is 0 Å². The second-order valence-electron chi connectivity index (χ2n) is 5.10. The van der Waals surface area contributed by atoms with Gasteiger partial charge in [0.2, 0.25) is 0 Å². The summed E-state index contributed by atoms with van der Waals surface area (Å²) in [6.07, 6.45) is 0. The number of benzene rings is 2. The summed E-state index contributed by atoms with van der Waals surface area (Å²) in [6, 6.07) is 11.5. The van der Waals surface area contributed by atoms with Crippen LogP contribution in [-0.4, -0.2) is 12.5 Å². The van der Waals surface area contributed by atoms with Gasteiger partial charge in [0.1, 0.15) is 0 Å². The summed E-state index contributed by atoms with van der Waals surface area (Å²) < 4.78 is 0. The van der Waals surface area contributed by atoms with E-state index in [-0.39, 0.29) is 5.91 Å². The zero-order valence-electron chi connectivity index (χ0n) is 12.7. The lowest BCUT2D eigenvalue weighted by Gasteiger charge is -2.13. The minimum atomic E-state index is -0.109. The average molecular weight is 283 g/mol. The van der Waals surface area contributed by atoms with E-state index in [4.69, 9.17) is 5.73 Å². The number of anilines is 3. The Kier molecular flexibility index (Phi) is 4.48. The van der Waals surface area contributed by atoms with Crippen LogP contribution in [0.15, 0.2) is 36.4 Å². The van der Waals surface area contributed by atoms with Gasteiger partial charge in [-0.05, 0) is 50.6 Å². The van der Waals surface area contributed by atoms with Crippen molar-refractivity contribution in [3.8, 4) is 0 Å². The maximum absolute atomic E-state index is 11.8. The molecule has 1 amide bonds. The van der Waals surface area contributed by atoms with E-state index in [9.17, 15) is 4.79 Å². The highest BCUT2D eigenvalue weighted by Gasteiger charge is 2.08. The molecule has 2 aromatic carbocycles. The van der Waals surface area contributed by atoms with Gasteiger partial charge < -0.3 is 16.4 Å². The van der Waals surface area contributed by atoms with E-state index < -0.39 is 0 Å². The fourth-order valence-electron chi connectivity index (χ4n) is 2.18. The number of carbonyl (C=O) groups is 1. The summed E-state index contributed by atoms with van der Waals surface area (Å²) in [4.78, 5) is 11.8. The number of nitrogens with two attached hydrogens (primary N) is 1. The molecule has 4 N–H and O–H groups in total. The number of nitrogen functional groups attached to an aromatic ring is 1. The van der Waals surface area contributed by atoms with Gasteiger partial charge in [0, 0.05) is 17.8 Å². The number of hydrogen-bond donors (Lipinski definition) is 3. The van der Waals surface area contributed by atoms with Crippen LogP contribution in [0.4, 0.5) is 17.1 Å². The molecule has 0 aliphatic heterocycles. The highest BCUT2D eigenvalue weighted by Crippen LogP contribution is 2.26. The van der Waals surface area contributed by atoms with E-state index in [0.717, 1.165) is 16.9 Å². The second-order valence-corrected chi connectivity index (χ2v) is 5.10. The first-order chi connectivity index (χ1) is 10.0. The van der Waals surface area contributed by atoms with Crippen LogP contribution in [0.5, 0.6) is 0 Å². The van der Waals surface area contributed by atoms with Gasteiger partial charge in [-0.2, -0.15) is 0 Å². The number of carbonyl (C=O) groups excluding carboxylic acids is 1. The molecule has 0 saturated carbocycles. The Balaban J connectivity index is 2.23. The van der Waals surface area contributed by atoms with E-state index in [1.807, 2.05) is 19.1 Å². The third kappa shape index (κ3) is 3.54. The molecule has 0 heterocycles. The molecule has 2 aromatic rings. The van der Waals surface area contributed by atoms with Crippen molar-refractivity contribution in [1.82, 2.24) is 5.32 Å². The monoisotopic (exact) mass is 283 g/mol. The van der Waals surface area contributed by atoms with Gasteiger partial charge in [-0.15, -0.1) is 0 Å². The largest absolute Gasteiger partial charge is 0.397 e. The minimum Gasteiger partial charge on any atom is -0.397 e. The third-order valence-corrected chi connectivity index (χ3v) is 3.30. The fraction of sp³-hybridized carbons (Fsp3) is 0.235. The smallest absolute Gasteiger partial charge is 0.251 e. The lowest BCUT2D eigenvalue weighted by atomic mass is 10.1. The molecule has 110 valence electrons. The van der Waals surface area contributed by atoms with Gasteiger partial charge in [-0.1, -0.05) is 17.7 Å². The maximum Gasteiger partial charge on any atom is 0.251 e. The Labute approximate surface area is 125 Å². The molecule has 4 heteroatoms. The second kappa shape index (κ2) is 6.31. The predicted molar refractivity (Wildman–Crippen MR) is 88.1 cm³/mol. The summed E-state index contributed by atoms with van der Waals surface area (Å²) >= 11 is 0. The van der Waals surface area contributed by atoms with Gasteiger partial charge >= 0.3 is 0 Å². The van der Waals surface area contributed by atoms with Crippen molar-refractivity contribution in [1.29, 1.82) is 0 Å². The van der Waals surface area contributed by atoms with Crippen LogP contribution in [0, 0.1) is 13.8 Å². The first-order valence-corrected chi connectivity index (χ1v) is 7.03. The van der Waals surface area contributed by atoms with Crippen molar-refractivity contribution >= 4 is 23.0 Å². The first-order valence-electron chi connectivity index (χ1n) is 7.03. The molecule has 0 fully saturated rings. The summed E-state index contributed by atoms with van der Waals surface area (Å²) in [7, 11) is 0. The zero-order chi connectivity index (χ0) is 15.4. The van der Waals surface area contributed by atoms with Crippen molar-refractivity contribution in [3.05, 3.63) is 53.1 Å². The fourth-order valence-corrected chi connectivity index (χ4v) is 2.18. The van der Waals surface area contributed by atoms with E-state index >= 15 is 0 Å². The summed E-state index contributed by atoms with van der Waals surface area (Å²) in [5.74, 6) is -0.109. The third-order valence-electron chi connectivity index (χ3n) is 3.30. The van der Waals surface area contributed by atoms with E-state index in [1.54, 1.807) is 12.1 Å². The molecule has 0 bridgehead atoms. The van der Waals surface area contributed by atoms with Crippen molar-refractivity contribution in [2.45, 2.75) is 20.8 Å². The Morgan fingerprint density at radius 3 is 2.43 bits per heavy atom. The summed E-state index contributed by atoms with van der Waals surface area (Å²) in [6.45, 7) is 6.60. The number of nitrogens with one attached hydrogen (secondary N) is 2. The van der Waals surface area contributed by atoms with E-state index in [1.165, 1.54) is 5.56 Å². The quantitative estimate of drug-likeness (QED) is 0.754. The van der Waals surface area contributed by atoms with Gasteiger partial charge in [-0.25, -0.2) is 0 Å². The molecule has 2 rings (SSSR count). The first kappa shape index (κ1) is 14.9. The Morgan fingerprint density at radius 2 is 1.81 bits per heavy atom. The van der Waals surface area contributed by atoms with Crippen molar-refractivity contribution in [3.63, 3.8) is 0 Å². The van der Waals surface area contributed by atoms with Crippen molar-refractivity contribution in [2.75, 3.05) is 17.6 Å². The average Bonchev–Trinajstić information content (AvgIpc) is 2.44. The number of aryl methyl sites for hydroxylation is 2. The molecule has 21 heavy (non-hydrogen) atoms. The van der Waals surface area contributed by atoms with Crippen LogP contribution in [-0.2, 0) is 0 Å². The highest BCUT2D eigenvalue weighted by molar-refractivity contribution is 5.96. The lowest BCUT2D eigenvalue weighted by molar-refractivity contribution is 0.0956. The lowest BCUT2D eigenvalue weighted by Crippen LogP contribution is -2.22. The van der Waals surface area contributed by atoms with Crippen LogP contribution in [0.1, 0.15) is 28.4 Å². The molecule has 0 atom stereocenters. The maximum atomic E-state index is 11.8. The topological polar surface area (TPSA) is 67.2 Å². The van der Waals surface area contributed by atoms with E-state index in [2.05, 4.69) is 36.6 Å². The number of hydrogen-bond acceptors (Lipinski definition) is 3. The highest BCUT2D eigenvalue weighted by atomic mass is 16.1. The van der Waals surface area contributed by atoms with Crippen molar-refractivity contribution < 1.29 is 4.79 Å². The van der Waals surface area contributed by atoms with E-state index in [0.29, 0.717) is 17.8 Å². The van der Waals surface area contributed by atoms with Crippen LogP contribution in [0.25, 0.3) is 0 Å². The van der Waals surface area contributed by atoms with Gasteiger partial charge in [0.05, 0.1) is 11.4 Å². The molecule has 0 aliphatic rings. The van der Waals surface area contributed by atoms with Crippen LogP contribution < -0.4 is 16.4 Å². The SMILES string of the molecule is CCNC(=O)c1ccc(Nc2ccc(C)cc2C)c(N)c1. The Bertz CT molecular complexity index is 665. The normalized spacial score (nSPS) is 10.2. The Hall–Kier alpha value is -2.49. The van der Waals surface area contributed by atoms with Crippen LogP contribution in [0.2, 0.25) is 0 Å². The Morgan fingerprint density at radius 1 is 1.10 bits per heavy atom. The van der Waals surface area contributed by atoms with Crippen LogP contribution in [0.3, 0.4) is 0 Å². The molecule has 0 unspecified atom stereocenters. The zero-order valence-corrected chi connectivity index (χ0v) is 12.7. The van der Waals surface area contributed by atoms with Gasteiger partial charge in [0.25, 0.3) is 5.91 Å².